The molecule has 0 bridgehead atoms. The van der Waals surface area contributed by atoms with Gasteiger partial charge in [0.15, 0.2) is 5.79 Å². The van der Waals surface area contributed by atoms with Gasteiger partial charge in [-0.15, -0.1) is 0 Å². The number of hydrogen-bond donors (Lipinski definition) is 2. The second-order valence-electron chi connectivity index (χ2n) is 4.85. The summed E-state index contributed by atoms with van der Waals surface area (Å²) in [6, 6.07) is 3.64. The van der Waals surface area contributed by atoms with Gasteiger partial charge >= 0.3 is 0 Å². The number of aliphatic hydroxyl groups excluding tert-OH is 1. The van der Waals surface area contributed by atoms with Crippen molar-refractivity contribution in [1.29, 1.82) is 0 Å². The van der Waals surface area contributed by atoms with Crippen LogP contribution in [0.4, 0.5) is 4.39 Å². The summed E-state index contributed by atoms with van der Waals surface area (Å²) in [6.45, 7) is 4.01. The fraction of sp³-hybridized carbons (Fsp3) is 0.429. The van der Waals surface area contributed by atoms with Gasteiger partial charge in [-0.3, -0.25) is 0 Å². The Bertz CT molecular complexity index is 504. The van der Waals surface area contributed by atoms with E-state index < -0.39 is 17.0 Å². The number of phenolic OH excluding ortho intramolecular Hbond substituents is 1. The SMILES string of the molecule is CC1(C)OC[C@@H](S[C@H](O)/C=C/c2cc(F)ccc2O)O1. The molecule has 1 aromatic carbocycles. The number of halogens is 1. The van der Waals surface area contributed by atoms with Crippen LogP contribution in [0.3, 0.4) is 0 Å². The van der Waals surface area contributed by atoms with E-state index in [1.165, 1.54) is 42.1 Å². The van der Waals surface area contributed by atoms with Crippen LogP contribution in [0.2, 0.25) is 0 Å². The summed E-state index contributed by atoms with van der Waals surface area (Å²) < 4.78 is 24.0. The summed E-state index contributed by atoms with van der Waals surface area (Å²) in [7, 11) is 0. The molecule has 0 radical (unpaired) electrons. The van der Waals surface area contributed by atoms with Crippen molar-refractivity contribution in [2.45, 2.75) is 30.5 Å². The molecule has 0 aliphatic carbocycles. The van der Waals surface area contributed by atoms with Gasteiger partial charge in [-0.05, 0) is 38.1 Å². The molecule has 2 atom stereocenters. The van der Waals surface area contributed by atoms with Crippen molar-refractivity contribution in [2.24, 2.45) is 0 Å². The van der Waals surface area contributed by atoms with Crippen molar-refractivity contribution < 1.29 is 24.1 Å². The van der Waals surface area contributed by atoms with Crippen molar-refractivity contribution in [3.05, 3.63) is 35.7 Å². The predicted octanol–water partition coefficient (Wildman–Crippen LogP) is 2.71. The normalized spacial score (nSPS) is 23.3. The lowest BCUT2D eigenvalue weighted by molar-refractivity contribution is -0.129. The Morgan fingerprint density at radius 2 is 2.25 bits per heavy atom. The van der Waals surface area contributed by atoms with Crippen LogP contribution in [0.5, 0.6) is 5.75 Å². The van der Waals surface area contributed by atoms with Crippen LogP contribution >= 0.6 is 11.8 Å². The summed E-state index contributed by atoms with van der Waals surface area (Å²) in [5.74, 6) is -1.12. The molecule has 1 heterocycles. The average Bonchev–Trinajstić information content (AvgIpc) is 2.70. The Morgan fingerprint density at radius 1 is 1.50 bits per heavy atom. The maximum atomic E-state index is 13.0. The van der Waals surface area contributed by atoms with E-state index in [4.69, 9.17) is 9.47 Å². The summed E-state index contributed by atoms with van der Waals surface area (Å²) in [4.78, 5) is 0. The molecule has 110 valence electrons. The molecular weight excluding hydrogens is 283 g/mol. The van der Waals surface area contributed by atoms with Crippen LogP contribution < -0.4 is 0 Å². The standard InChI is InChI=1S/C14H17FO4S/c1-14(2)18-8-13(19-14)20-12(17)6-3-9-7-10(15)4-5-11(9)16/h3-7,12-13,16-17H,8H2,1-2H3/b6-3+/t12-,13+/m0/s1. The molecule has 20 heavy (non-hydrogen) atoms. The molecule has 0 amide bonds. The number of ether oxygens (including phenoxy) is 2. The largest absolute Gasteiger partial charge is 0.507 e. The lowest BCUT2D eigenvalue weighted by Crippen LogP contribution is -2.21. The Labute approximate surface area is 121 Å². The molecule has 1 fully saturated rings. The summed E-state index contributed by atoms with van der Waals surface area (Å²) in [6.07, 6.45) is 2.94. The van der Waals surface area contributed by atoms with Crippen LogP contribution in [0.1, 0.15) is 19.4 Å². The van der Waals surface area contributed by atoms with E-state index in [0.29, 0.717) is 12.2 Å². The van der Waals surface area contributed by atoms with Gasteiger partial charge in [0.25, 0.3) is 0 Å². The molecule has 1 aliphatic rings. The van der Waals surface area contributed by atoms with Crippen LogP contribution in [-0.4, -0.2) is 33.5 Å². The van der Waals surface area contributed by atoms with Crippen LogP contribution in [0.15, 0.2) is 24.3 Å². The van der Waals surface area contributed by atoms with E-state index in [9.17, 15) is 14.6 Å². The molecule has 4 nitrogen and oxygen atoms in total. The second-order valence-corrected chi connectivity index (χ2v) is 6.13. The fourth-order valence-electron chi connectivity index (χ4n) is 1.77. The molecule has 2 N–H and O–H groups in total. The Kier molecular flexibility index (Phi) is 4.70. The maximum absolute atomic E-state index is 13.0. The minimum Gasteiger partial charge on any atom is -0.507 e. The zero-order valence-corrected chi connectivity index (χ0v) is 12.1. The Hall–Kier alpha value is -1.08. The van der Waals surface area contributed by atoms with Gasteiger partial charge < -0.3 is 19.7 Å². The minimum atomic E-state index is -0.833. The molecule has 1 aliphatic heterocycles. The third-order valence-corrected chi connectivity index (χ3v) is 3.68. The number of benzene rings is 1. The predicted molar refractivity (Wildman–Crippen MR) is 75.6 cm³/mol. The molecule has 0 aromatic heterocycles. The van der Waals surface area contributed by atoms with Gasteiger partial charge in [0.2, 0.25) is 0 Å². The number of rotatable bonds is 4. The van der Waals surface area contributed by atoms with E-state index in [1.54, 1.807) is 13.8 Å². The number of thioether (sulfide) groups is 1. The first-order valence-corrected chi connectivity index (χ1v) is 7.12. The summed E-state index contributed by atoms with van der Waals surface area (Å²) in [5, 5.41) is 19.4. The second kappa shape index (κ2) is 6.13. The summed E-state index contributed by atoms with van der Waals surface area (Å²) >= 11 is 1.18. The lowest BCUT2D eigenvalue weighted by atomic mass is 10.2. The van der Waals surface area contributed by atoms with Gasteiger partial charge in [-0.1, -0.05) is 17.8 Å². The topological polar surface area (TPSA) is 58.9 Å². The molecule has 0 spiro atoms. The van der Waals surface area contributed by atoms with Gasteiger partial charge in [0.1, 0.15) is 22.4 Å². The van der Waals surface area contributed by atoms with Crippen molar-refractivity contribution in [1.82, 2.24) is 0 Å². The smallest absolute Gasteiger partial charge is 0.164 e. The first kappa shape index (κ1) is 15.3. The van der Waals surface area contributed by atoms with Gasteiger partial charge in [-0.2, -0.15) is 0 Å². The molecule has 0 saturated carbocycles. The highest BCUT2D eigenvalue weighted by atomic mass is 32.2. The molecule has 1 saturated heterocycles. The molecule has 0 unspecified atom stereocenters. The molecule has 6 heteroatoms. The quantitative estimate of drug-likeness (QED) is 0.837. The van der Waals surface area contributed by atoms with Crippen LogP contribution in [0.25, 0.3) is 6.08 Å². The number of hydrogen-bond acceptors (Lipinski definition) is 5. The number of phenols is 1. The third kappa shape index (κ3) is 4.21. The van der Waals surface area contributed by atoms with E-state index in [1.807, 2.05) is 0 Å². The van der Waals surface area contributed by atoms with Crippen molar-refractivity contribution >= 4 is 17.8 Å². The van der Waals surface area contributed by atoms with E-state index in [0.717, 1.165) is 0 Å². The molecule has 2 rings (SSSR count). The number of aromatic hydroxyl groups is 1. The fourth-order valence-corrected chi connectivity index (χ4v) is 2.68. The minimum absolute atomic E-state index is 0.0403. The molecule has 1 aromatic rings. The van der Waals surface area contributed by atoms with Gasteiger partial charge in [0.05, 0.1) is 6.61 Å². The first-order chi connectivity index (χ1) is 9.35. The van der Waals surface area contributed by atoms with Crippen LogP contribution in [0, 0.1) is 5.82 Å². The third-order valence-electron chi connectivity index (χ3n) is 2.70. The van der Waals surface area contributed by atoms with E-state index >= 15 is 0 Å². The first-order valence-electron chi connectivity index (χ1n) is 6.18. The highest BCUT2D eigenvalue weighted by Gasteiger charge is 2.33. The van der Waals surface area contributed by atoms with Crippen LogP contribution in [-0.2, 0) is 9.47 Å². The number of aliphatic hydroxyl groups is 1. The zero-order valence-electron chi connectivity index (χ0n) is 11.2. The van der Waals surface area contributed by atoms with Crippen molar-refractivity contribution in [3.63, 3.8) is 0 Å². The monoisotopic (exact) mass is 300 g/mol. The summed E-state index contributed by atoms with van der Waals surface area (Å²) in [5.41, 5.74) is -0.778. The van der Waals surface area contributed by atoms with Gasteiger partial charge in [0, 0.05) is 5.56 Å². The van der Waals surface area contributed by atoms with Crippen molar-refractivity contribution in [2.75, 3.05) is 6.61 Å². The van der Waals surface area contributed by atoms with Gasteiger partial charge in [-0.25, -0.2) is 4.39 Å². The van der Waals surface area contributed by atoms with E-state index in [2.05, 4.69) is 0 Å². The highest BCUT2D eigenvalue weighted by molar-refractivity contribution is 8.00. The lowest BCUT2D eigenvalue weighted by Gasteiger charge is -2.17. The maximum Gasteiger partial charge on any atom is 0.164 e. The average molecular weight is 300 g/mol. The van der Waals surface area contributed by atoms with Crippen molar-refractivity contribution in [3.8, 4) is 5.75 Å². The van der Waals surface area contributed by atoms with E-state index in [-0.39, 0.29) is 11.2 Å². The zero-order chi connectivity index (χ0) is 14.8. The highest BCUT2D eigenvalue weighted by Crippen LogP contribution is 2.31. The molecular formula is C14H17FO4S. The Balaban J connectivity index is 1.92. The Morgan fingerprint density at radius 3 is 2.90 bits per heavy atom.